The van der Waals surface area contributed by atoms with Crippen molar-refractivity contribution in [2.45, 2.75) is 6.61 Å². The Kier molecular flexibility index (Phi) is 4.15. The molecule has 1 aliphatic rings. The number of rotatable bonds is 3. The number of para-hydroxylation sites is 1. The third-order valence-electron chi connectivity index (χ3n) is 3.83. The summed E-state index contributed by atoms with van der Waals surface area (Å²) in [7, 11) is 0. The summed E-state index contributed by atoms with van der Waals surface area (Å²) in [4.78, 5) is 16.6. The maximum Gasteiger partial charge on any atom is 0.357 e. The Balaban J connectivity index is 1.50. The molecular formula is C19H14ClNO4. The van der Waals surface area contributed by atoms with Gasteiger partial charge in [0.15, 0.2) is 11.5 Å². The van der Waals surface area contributed by atoms with Crippen molar-refractivity contribution in [2.24, 2.45) is 0 Å². The van der Waals surface area contributed by atoms with Crippen LogP contribution in [0.3, 0.4) is 0 Å². The molecule has 0 spiro atoms. The first-order chi connectivity index (χ1) is 12.2. The summed E-state index contributed by atoms with van der Waals surface area (Å²) in [5, 5.41) is 1.41. The molecule has 0 fully saturated rings. The second-order valence-electron chi connectivity index (χ2n) is 5.57. The molecule has 0 radical (unpaired) electrons. The fourth-order valence-corrected chi connectivity index (χ4v) is 2.94. The van der Waals surface area contributed by atoms with Crippen LogP contribution in [0, 0.1) is 0 Å². The predicted octanol–water partition coefficient (Wildman–Crippen LogP) is 4.02. The third-order valence-corrected chi connectivity index (χ3v) is 4.11. The van der Waals surface area contributed by atoms with Gasteiger partial charge in [0.2, 0.25) is 0 Å². The Labute approximate surface area is 149 Å². The van der Waals surface area contributed by atoms with Crippen molar-refractivity contribution in [3.63, 3.8) is 0 Å². The normalized spacial score (nSPS) is 12.8. The largest absolute Gasteiger partial charge is 0.486 e. The first kappa shape index (κ1) is 15.7. The van der Waals surface area contributed by atoms with Gasteiger partial charge in [0.1, 0.15) is 25.5 Å². The zero-order valence-electron chi connectivity index (χ0n) is 13.2. The summed E-state index contributed by atoms with van der Waals surface area (Å²) < 4.78 is 16.3. The van der Waals surface area contributed by atoms with Crippen molar-refractivity contribution in [1.29, 1.82) is 0 Å². The molecule has 126 valence electrons. The van der Waals surface area contributed by atoms with Gasteiger partial charge in [0.05, 0.1) is 10.5 Å². The SMILES string of the molecule is O=C(OCc1cc(Cl)c2c(c1)OCCO2)c1ccc2ccccc2n1. The van der Waals surface area contributed by atoms with Gasteiger partial charge in [-0.25, -0.2) is 9.78 Å². The van der Waals surface area contributed by atoms with E-state index in [4.69, 9.17) is 25.8 Å². The highest BCUT2D eigenvalue weighted by Gasteiger charge is 2.17. The highest BCUT2D eigenvalue weighted by molar-refractivity contribution is 6.32. The van der Waals surface area contributed by atoms with Crippen molar-refractivity contribution in [3.05, 3.63) is 64.8 Å². The number of nitrogens with zero attached hydrogens (tertiary/aromatic N) is 1. The molecule has 3 aromatic rings. The van der Waals surface area contributed by atoms with Crippen LogP contribution >= 0.6 is 11.6 Å². The molecule has 0 bridgehead atoms. The molecule has 0 saturated carbocycles. The molecule has 2 heterocycles. The minimum absolute atomic E-state index is 0.0731. The zero-order chi connectivity index (χ0) is 17.2. The average Bonchev–Trinajstić information content (AvgIpc) is 2.66. The monoisotopic (exact) mass is 355 g/mol. The van der Waals surface area contributed by atoms with Gasteiger partial charge in [0.25, 0.3) is 0 Å². The van der Waals surface area contributed by atoms with Crippen LogP contribution in [0.4, 0.5) is 0 Å². The molecule has 25 heavy (non-hydrogen) atoms. The van der Waals surface area contributed by atoms with Crippen molar-refractivity contribution in [2.75, 3.05) is 13.2 Å². The number of aromatic nitrogens is 1. The van der Waals surface area contributed by atoms with E-state index in [0.29, 0.717) is 29.7 Å². The van der Waals surface area contributed by atoms with E-state index in [1.807, 2.05) is 30.3 Å². The number of fused-ring (bicyclic) bond motifs is 2. The minimum Gasteiger partial charge on any atom is -0.486 e. The van der Waals surface area contributed by atoms with Gasteiger partial charge in [-0.3, -0.25) is 0 Å². The van der Waals surface area contributed by atoms with E-state index >= 15 is 0 Å². The second-order valence-corrected chi connectivity index (χ2v) is 5.97. The van der Waals surface area contributed by atoms with E-state index in [2.05, 4.69) is 4.98 Å². The van der Waals surface area contributed by atoms with Crippen molar-refractivity contribution in [1.82, 2.24) is 4.98 Å². The molecule has 0 saturated heterocycles. The zero-order valence-corrected chi connectivity index (χ0v) is 14.0. The number of hydrogen-bond donors (Lipinski definition) is 0. The molecule has 4 rings (SSSR count). The third kappa shape index (κ3) is 3.23. The molecule has 1 aromatic heterocycles. The summed E-state index contributed by atoms with van der Waals surface area (Å²) in [5.74, 6) is 0.601. The van der Waals surface area contributed by atoms with E-state index in [-0.39, 0.29) is 12.3 Å². The summed E-state index contributed by atoms with van der Waals surface area (Å²) in [5.41, 5.74) is 1.74. The molecule has 2 aromatic carbocycles. The van der Waals surface area contributed by atoms with Crippen LogP contribution in [-0.4, -0.2) is 24.2 Å². The van der Waals surface area contributed by atoms with Crippen LogP contribution in [0.1, 0.15) is 16.1 Å². The lowest BCUT2D eigenvalue weighted by atomic mass is 10.2. The Morgan fingerprint density at radius 3 is 2.88 bits per heavy atom. The van der Waals surface area contributed by atoms with Crippen molar-refractivity contribution in [3.8, 4) is 11.5 Å². The van der Waals surface area contributed by atoms with Gasteiger partial charge in [-0.1, -0.05) is 35.9 Å². The van der Waals surface area contributed by atoms with Crippen LogP contribution in [-0.2, 0) is 11.3 Å². The Morgan fingerprint density at radius 2 is 1.96 bits per heavy atom. The number of esters is 1. The number of benzene rings is 2. The number of carbonyl (C=O) groups is 1. The smallest absolute Gasteiger partial charge is 0.357 e. The summed E-state index contributed by atoms with van der Waals surface area (Å²) in [6, 6.07) is 14.6. The van der Waals surface area contributed by atoms with E-state index < -0.39 is 5.97 Å². The lowest BCUT2D eigenvalue weighted by molar-refractivity contribution is 0.0465. The number of carbonyl (C=O) groups excluding carboxylic acids is 1. The average molecular weight is 356 g/mol. The van der Waals surface area contributed by atoms with Gasteiger partial charge in [-0.15, -0.1) is 0 Å². The minimum atomic E-state index is -0.489. The van der Waals surface area contributed by atoms with E-state index in [0.717, 1.165) is 16.5 Å². The topological polar surface area (TPSA) is 57.7 Å². The van der Waals surface area contributed by atoms with E-state index in [1.165, 1.54) is 0 Å². The highest BCUT2D eigenvalue weighted by Crippen LogP contribution is 2.38. The molecule has 0 N–H and O–H groups in total. The van der Waals surface area contributed by atoms with Crippen molar-refractivity contribution < 1.29 is 19.0 Å². The van der Waals surface area contributed by atoms with Crippen LogP contribution in [0.5, 0.6) is 11.5 Å². The molecule has 5 nitrogen and oxygen atoms in total. The van der Waals surface area contributed by atoms with Crippen LogP contribution in [0.2, 0.25) is 5.02 Å². The van der Waals surface area contributed by atoms with Gasteiger partial charge < -0.3 is 14.2 Å². The van der Waals surface area contributed by atoms with Crippen LogP contribution < -0.4 is 9.47 Å². The fraction of sp³-hybridized carbons (Fsp3) is 0.158. The lowest BCUT2D eigenvalue weighted by Gasteiger charge is -2.20. The van der Waals surface area contributed by atoms with E-state index in [1.54, 1.807) is 18.2 Å². The molecule has 0 atom stereocenters. The fourth-order valence-electron chi connectivity index (χ4n) is 2.65. The maximum absolute atomic E-state index is 12.3. The molecule has 0 amide bonds. The van der Waals surface area contributed by atoms with Gasteiger partial charge in [0, 0.05) is 5.39 Å². The van der Waals surface area contributed by atoms with Gasteiger partial charge in [-0.2, -0.15) is 0 Å². The second kappa shape index (κ2) is 6.61. The first-order valence-electron chi connectivity index (χ1n) is 7.82. The quantitative estimate of drug-likeness (QED) is 0.664. The number of ether oxygens (including phenoxy) is 3. The van der Waals surface area contributed by atoms with Crippen LogP contribution in [0.25, 0.3) is 10.9 Å². The summed E-state index contributed by atoms with van der Waals surface area (Å²) in [6.45, 7) is 1.01. The molecule has 0 unspecified atom stereocenters. The van der Waals surface area contributed by atoms with Crippen molar-refractivity contribution >= 4 is 28.5 Å². The Hall–Kier alpha value is -2.79. The Morgan fingerprint density at radius 1 is 1.12 bits per heavy atom. The molecule has 0 aliphatic carbocycles. The summed E-state index contributed by atoms with van der Waals surface area (Å²) >= 11 is 6.19. The van der Waals surface area contributed by atoms with Gasteiger partial charge >= 0.3 is 5.97 Å². The van der Waals surface area contributed by atoms with E-state index in [9.17, 15) is 4.79 Å². The highest BCUT2D eigenvalue weighted by atomic mass is 35.5. The predicted molar refractivity (Wildman–Crippen MR) is 93.3 cm³/mol. The number of halogens is 1. The summed E-state index contributed by atoms with van der Waals surface area (Å²) in [6.07, 6.45) is 0. The number of hydrogen-bond acceptors (Lipinski definition) is 5. The lowest BCUT2D eigenvalue weighted by Crippen LogP contribution is -2.16. The molecule has 1 aliphatic heterocycles. The molecule has 6 heteroatoms. The Bertz CT molecular complexity index is 957. The van der Waals surface area contributed by atoms with Gasteiger partial charge in [-0.05, 0) is 29.8 Å². The molecular weight excluding hydrogens is 342 g/mol. The number of pyridine rings is 1. The standard InChI is InChI=1S/C19H14ClNO4/c20-14-9-12(10-17-18(14)24-8-7-23-17)11-25-19(22)16-6-5-13-3-1-2-4-15(13)21-16/h1-6,9-10H,7-8,11H2. The first-order valence-corrected chi connectivity index (χ1v) is 8.19. The van der Waals surface area contributed by atoms with Crippen LogP contribution in [0.15, 0.2) is 48.5 Å². The maximum atomic E-state index is 12.3.